The van der Waals surface area contributed by atoms with Gasteiger partial charge in [-0.05, 0) is 12.5 Å². The average Bonchev–Trinajstić information content (AvgIpc) is 2.06. The summed E-state index contributed by atoms with van der Waals surface area (Å²) in [7, 11) is 0. The molecule has 58 valence electrons. The van der Waals surface area contributed by atoms with Gasteiger partial charge in [0, 0.05) is 12.8 Å². The summed E-state index contributed by atoms with van der Waals surface area (Å²) in [6.45, 7) is 0.806. The molecule has 0 fully saturated rings. The minimum atomic E-state index is 0.258. The molecule has 1 unspecified atom stereocenters. The normalized spacial score (nSPS) is 28.2. The molecule has 3 nitrogen and oxygen atoms in total. The number of nitrogens with two attached hydrogens (primary N) is 1. The van der Waals surface area contributed by atoms with Crippen LogP contribution >= 0.6 is 0 Å². The molecular formula is C8H11N3. The van der Waals surface area contributed by atoms with E-state index in [1.54, 1.807) is 0 Å². The second kappa shape index (κ2) is 2.42. The van der Waals surface area contributed by atoms with Crippen LogP contribution in [0.5, 0.6) is 0 Å². The molecular weight excluding hydrogens is 138 g/mol. The predicted octanol–water partition coefficient (Wildman–Crippen LogP) is 0.159. The highest BCUT2D eigenvalue weighted by Gasteiger charge is 2.18. The van der Waals surface area contributed by atoms with E-state index in [9.17, 15) is 0 Å². The standard InChI is InChI=1S/C8H11N3/c9-6-2-1-3-7-8(6)11-5-4-10-7/h1-2,4,7,11H,3,5,9H2. The molecule has 2 aliphatic rings. The molecule has 0 aromatic carbocycles. The molecule has 1 heterocycles. The van der Waals surface area contributed by atoms with Crippen LogP contribution < -0.4 is 11.1 Å². The van der Waals surface area contributed by atoms with Crippen LogP contribution in [0, 0.1) is 0 Å². The van der Waals surface area contributed by atoms with Crippen LogP contribution in [-0.2, 0) is 0 Å². The number of hydrogen-bond donors (Lipinski definition) is 2. The van der Waals surface area contributed by atoms with Crippen molar-refractivity contribution < 1.29 is 0 Å². The molecule has 3 N–H and O–H groups in total. The van der Waals surface area contributed by atoms with Crippen molar-refractivity contribution in [1.82, 2.24) is 5.32 Å². The number of nitrogens with one attached hydrogen (secondary N) is 1. The summed E-state index contributed by atoms with van der Waals surface area (Å²) >= 11 is 0. The van der Waals surface area contributed by atoms with Crippen molar-refractivity contribution >= 4 is 6.21 Å². The summed E-state index contributed by atoms with van der Waals surface area (Å²) in [5, 5.41) is 3.22. The fourth-order valence-corrected chi connectivity index (χ4v) is 1.41. The topological polar surface area (TPSA) is 50.4 Å². The predicted molar refractivity (Wildman–Crippen MR) is 45.3 cm³/mol. The Morgan fingerprint density at radius 1 is 1.64 bits per heavy atom. The van der Waals surface area contributed by atoms with Gasteiger partial charge in [0.25, 0.3) is 0 Å². The van der Waals surface area contributed by atoms with E-state index in [0.29, 0.717) is 0 Å². The number of rotatable bonds is 0. The smallest absolute Gasteiger partial charge is 0.0946 e. The molecule has 1 aliphatic heterocycles. The van der Waals surface area contributed by atoms with Gasteiger partial charge < -0.3 is 11.1 Å². The van der Waals surface area contributed by atoms with Crippen LogP contribution in [-0.4, -0.2) is 18.8 Å². The SMILES string of the molecule is NC1=C2NCC=NC2CC=C1. The largest absolute Gasteiger partial charge is 0.397 e. The fraction of sp³-hybridized carbons (Fsp3) is 0.375. The van der Waals surface area contributed by atoms with Gasteiger partial charge in [-0.3, -0.25) is 4.99 Å². The first-order chi connectivity index (χ1) is 5.38. The van der Waals surface area contributed by atoms with E-state index in [1.807, 2.05) is 12.3 Å². The molecule has 0 saturated heterocycles. The molecule has 0 aromatic heterocycles. The molecule has 0 radical (unpaired) electrons. The molecule has 0 amide bonds. The van der Waals surface area contributed by atoms with E-state index in [0.717, 1.165) is 24.4 Å². The maximum absolute atomic E-state index is 5.75. The van der Waals surface area contributed by atoms with Crippen LogP contribution in [0.25, 0.3) is 0 Å². The third-order valence-electron chi connectivity index (χ3n) is 1.97. The van der Waals surface area contributed by atoms with Gasteiger partial charge in [0.2, 0.25) is 0 Å². The lowest BCUT2D eigenvalue weighted by Gasteiger charge is -2.24. The van der Waals surface area contributed by atoms with Crippen LogP contribution in [0.1, 0.15) is 6.42 Å². The first kappa shape index (κ1) is 6.46. The van der Waals surface area contributed by atoms with Gasteiger partial charge in [-0.1, -0.05) is 6.08 Å². The first-order valence-electron chi connectivity index (χ1n) is 3.79. The molecule has 1 atom stereocenters. The molecule has 1 aliphatic carbocycles. The summed E-state index contributed by atoms with van der Waals surface area (Å²) in [4.78, 5) is 4.33. The van der Waals surface area contributed by atoms with E-state index >= 15 is 0 Å². The van der Waals surface area contributed by atoms with Crippen molar-refractivity contribution in [3.8, 4) is 0 Å². The Bertz CT molecular complexity index is 250. The molecule has 0 bridgehead atoms. The first-order valence-corrected chi connectivity index (χ1v) is 3.79. The van der Waals surface area contributed by atoms with Crippen LogP contribution in [0.2, 0.25) is 0 Å². The van der Waals surface area contributed by atoms with Crippen molar-refractivity contribution in [2.45, 2.75) is 12.5 Å². The maximum Gasteiger partial charge on any atom is 0.0946 e. The molecule has 11 heavy (non-hydrogen) atoms. The number of allylic oxidation sites excluding steroid dienone is 1. The lowest BCUT2D eigenvalue weighted by atomic mass is 10.0. The Morgan fingerprint density at radius 3 is 3.36 bits per heavy atom. The highest BCUT2D eigenvalue weighted by atomic mass is 15.0. The van der Waals surface area contributed by atoms with E-state index in [1.165, 1.54) is 0 Å². The van der Waals surface area contributed by atoms with Crippen molar-refractivity contribution in [2.75, 3.05) is 6.54 Å². The molecule has 2 rings (SSSR count). The second-order valence-electron chi connectivity index (χ2n) is 2.74. The lowest BCUT2D eigenvalue weighted by Crippen LogP contribution is -2.33. The highest BCUT2D eigenvalue weighted by molar-refractivity contribution is 5.63. The molecule has 0 spiro atoms. The maximum atomic E-state index is 5.75. The van der Waals surface area contributed by atoms with Gasteiger partial charge in [-0.25, -0.2) is 0 Å². The zero-order chi connectivity index (χ0) is 7.68. The zero-order valence-electron chi connectivity index (χ0n) is 6.25. The monoisotopic (exact) mass is 149 g/mol. The lowest BCUT2D eigenvalue weighted by molar-refractivity contribution is 0.668. The van der Waals surface area contributed by atoms with Gasteiger partial charge in [0.1, 0.15) is 0 Å². The molecule has 0 aromatic rings. The zero-order valence-corrected chi connectivity index (χ0v) is 6.25. The van der Waals surface area contributed by atoms with E-state index < -0.39 is 0 Å². The van der Waals surface area contributed by atoms with Gasteiger partial charge in [-0.15, -0.1) is 0 Å². The number of hydrogen-bond acceptors (Lipinski definition) is 3. The fourth-order valence-electron chi connectivity index (χ4n) is 1.41. The van der Waals surface area contributed by atoms with Gasteiger partial charge in [-0.2, -0.15) is 0 Å². The summed E-state index contributed by atoms with van der Waals surface area (Å²) in [5.74, 6) is 0. The van der Waals surface area contributed by atoms with Gasteiger partial charge >= 0.3 is 0 Å². The average molecular weight is 149 g/mol. The molecule has 3 heteroatoms. The molecule has 0 saturated carbocycles. The summed E-state index contributed by atoms with van der Waals surface area (Å²) in [6.07, 6.45) is 6.88. The third-order valence-corrected chi connectivity index (χ3v) is 1.97. The van der Waals surface area contributed by atoms with Crippen LogP contribution in [0.3, 0.4) is 0 Å². The van der Waals surface area contributed by atoms with E-state index in [2.05, 4.69) is 16.4 Å². The highest BCUT2D eigenvalue weighted by Crippen LogP contribution is 2.18. The van der Waals surface area contributed by atoms with Crippen molar-refractivity contribution in [1.29, 1.82) is 0 Å². The van der Waals surface area contributed by atoms with Crippen molar-refractivity contribution in [3.63, 3.8) is 0 Å². The van der Waals surface area contributed by atoms with Gasteiger partial charge in [0.15, 0.2) is 0 Å². The quantitative estimate of drug-likeness (QED) is 0.515. The summed E-state index contributed by atoms with van der Waals surface area (Å²) in [6, 6.07) is 0.258. The number of aliphatic imine (C=N–C) groups is 1. The Labute approximate surface area is 65.7 Å². The Hall–Kier alpha value is -1.25. The third kappa shape index (κ3) is 1.02. The van der Waals surface area contributed by atoms with E-state index in [-0.39, 0.29) is 6.04 Å². The van der Waals surface area contributed by atoms with Crippen molar-refractivity contribution in [3.05, 3.63) is 23.5 Å². The summed E-state index contributed by atoms with van der Waals surface area (Å²) < 4.78 is 0. The Kier molecular flexibility index (Phi) is 1.42. The Morgan fingerprint density at radius 2 is 2.55 bits per heavy atom. The van der Waals surface area contributed by atoms with Crippen LogP contribution in [0.4, 0.5) is 0 Å². The minimum Gasteiger partial charge on any atom is -0.397 e. The second-order valence-corrected chi connectivity index (χ2v) is 2.74. The van der Waals surface area contributed by atoms with Crippen LogP contribution in [0.15, 0.2) is 28.5 Å². The minimum absolute atomic E-state index is 0.258. The van der Waals surface area contributed by atoms with Gasteiger partial charge in [0.05, 0.1) is 17.4 Å². The summed E-state index contributed by atoms with van der Waals surface area (Å²) in [5.41, 5.74) is 7.67. The van der Waals surface area contributed by atoms with E-state index in [4.69, 9.17) is 5.73 Å². The van der Waals surface area contributed by atoms with Crippen molar-refractivity contribution in [2.24, 2.45) is 10.7 Å². The Balaban J connectivity index is 2.35. The number of nitrogens with zero attached hydrogens (tertiary/aromatic N) is 1. The number of fused-ring (bicyclic) bond motifs is 1.